The molecule has 1 aromatic heterocycles. The molecular weight excluding hydrogens is 264 g/mol. The summed E-state index contributed by atoms with van der Waals surface area (Å²) in [6.07, 6.45) is 2.26. The molecule has 2 nitrogen and oxygen atoms in total. The summed E-state index contributed by atoms with van der Waals surface area (Å²) < 4.78 is 0.921. The number of hydrogen-bond donors (Lipinski definition) is 1. The molecule has 1 fully saturated rings. The van der Waals surface area contributed by atoms with E-state index in [1.54, 1.807) is 0 Å². The molecule has 1 aliphatic rings. The van der Waals surface area contributed by atoms with Crippen molar-refractivity contribution in [3.63, 3.8) is 0 Å². The number of hydrogen-bond acceptors (Lipinski definition) is 2. The topological polar surface area (TPSA) is 37.3 Å². The summed E-state index contributed by atoms with van der Waals surface area (Å²) in [4.78, 5) is 11.5. The number of carbonyl (C=O) groups is 1. The normalized spacial score (nSPS) is 25.9. The fraction of sp³-hybridized carbons (Fsp3) is 0.500. The van der Waals surface area contributed by atoms with Crippen LogP contribution >= 0.6 is 27.3 Å². The quantitative estimate of drug-likeness (QED) is 0.893. The van der Waals surface area contributed by atoms with Crippen LogP contribution in [0.2, 0.25) is 0 Å². The van der Waals surface area contributed by atoms with Crippen LogP contribution in [-0.2, 0) is 0 Å². The highest BCUT2D eigenvalue weighted by molar-refractivity contribution is 9.11. The van der Waals surface area contributed by atoms with E-state index in [0.717, 1.165) is 28.1 Å². The minimum Gasteiger partial charge on any atom is -0.477 e. The van der Waals surface area contributed by atoms with Gasteiger partial charge in [-0.05, 0) is 52.2 Å². The molecular formula is C10H11BrO2S. The molecule has 0 atom stereocenters. The lowest BCUT2D eigenvalue weighted by Crippen LogP contribution is -2.20. The van der Waals surface area contributed by atoms with Gasteiger partial charge in [0, 0.05) is 0 Å². The maximum atomic E-state index is 11.0. The van der Waals surface area contributed by atoms with E-state index in [1.807, 2.05) is 6.07 Å². The van der Waals surface area contributed by atoms with Crippen LogP contribution in [0.1, 0.15) is 40.9 Å². The first kappa shape index (κ1) is 10.2. The van der Waals surface area contributed by atoms with E-state index in [9.17, 15) is 4.79 Å². The van der Waals surface area contributed by atoms with Gasteiger partial charge < -0.3 is 5.11 Å². The summed E-state index contributed by atoms with van der Waals surface area (Å²) in [5, 5.41) is 9.00. The van der Waals surface area contributed by atoms with Gasteiger partial charge >= 0.3 is 5.97 Å². The van der Waals surface area contributed by atoms with Crippen molar-refractivity contribution < 1.29 is 9.90 Å². The molecule has 0 saturated heterocycles. The van der Waals surface area contributed by atoms with E-state index in [2.05, 4.69) is 22.9 Å². The van der Waals surface area contributed by atoms with Crippen LogP contribution < -0.4 is 0 Å². The average Bonchev–Trinajstić information content (AvgIpc) is 2.41. The van der Waals surface area contributed by atoms with Crippen molar-refractivity contribution in [2.24, 2.45) is 5.92 Å². The summed E-state index contributed by atoms with van der Waals surface area (Å²) >= 11 is 4.66. The van der Waals surface area contributed by atoms with Gasteiger partial charge in [0.05, 0.1) is 3.79 Å². The van der Waals surface area contributed by atoms with Crippen molar-refractivity contribution >= 4 is 33.2 Å². The predicted octanol–water partition coefficient (Wildman–Crippen LogP) is 3.72. The molecule has 1 aromatic rings. The Morgan fingerprint density at radius 2 is 2.29 bits per heavy atom. The summed E-state index contributed by atoms with van der Waals surface area (Å²) in [5.74, 6) is 0.425. The lowest BCUT2D eigenvalue weighted by molar-refractivity contribution is 0.0699. The Hall–Kier alpha value is -0.350. The molecule has 0 radical (unpaired) electrons. The highest BCUT2D eigenvalue weighted by atomic mass is 79.9. The van der Waals surface area contributed by atoms with Gasteiger partial charge in [-0.15, -0.1) is 11.3 Å². The van der Waals surface area contributed by atoms with E-state index in [-0.39, 0.29) is 0 Å². The van der Waals surface area contributed by atoms with Gasteiger partial charge in [-0.25, -0.2) is 4.79 Å². The first-order chi connectivity index (χ1) is 6.58. The van der Waals surface area contributed by atoms with Crippen LogP contribution in [0, 0.1) is 5.92 Å². The largest absolute Gasteiger partial charge is 0.477 e. The number of rotatable bonds is 2. The van der Waals surface area contributed by atoms with Crippen LogP contribution in [0.15, 0.2) is 9.85 Å². The van der Waals surface area contributed by atoms with Crippen LogP contribution in [0.4, 0.5) is 0 Å². The van der Waals surface area contributed by atoms with Crippen molar-refractivity contribution in [2.45, 2.75) is 25.7 Å². The number of aromatic carboxylic acids is 1. The third-order valence-electron chi connectivity index (χ3n) is 2.74. The molecule has 0 spiro atoms. The molecule has 1 N–H and O–H groups in total. The van der Waals surface area contributed by atoms with Crippen molar-refractivity contribution in [1.82, 2.24) is 0 Å². The van der Waals surface area contributed by atoms with Gasteiger partial charge in [0.25, 0.3) is 0 Å². The van der Waals surface area contributed by atoms with E-state index in [0.29, 0.717) is 10.8 Å². The molecule has 1 heterocycles. The predicted molar refractivity (Wildman–Crippen MR) is 60.1 cm³/mol. The van der Waals surface area contributed by atoms with Gasteiger partial charge in [0.2, 0.25) is 0 Å². The Morgan fingerprint density at radius 3 is 2.79 bits per heavy atom. The van der Waals surface area contributed by atoms with Gasteiger partial charge in [0.1, 0.15) is 4.88 Å². The minimum atomic E-state index is -0.796. The highest BCUT2D eigenvalue weighted by Gasteiger charge is 2.31. The molecule has 0 bridgehead atoms. The maximum Gasteiger partial charge on any atom is 0.346 e. The Labute approximate surface area is 95.1 Å². The average molecular weight is 275 g/mol. The van der Waals surface area contributed by atoms with Crippen LogP contribution in [0.3, 0.4) is 0 Å². The van der Waals surface area contributed by atoms with Gasteiger partial charge in [-0.1, -0.05) is 6.92 Å². The summed E-state index contributed by atoms with van der Waals surface area (Å²) in [5.41, 5.74) is 1.02. The molecule has 0 aliphatic heterocycles. The Balaban J connectivity index is 2.28. The van der Waals surface area contributed by atoms with E-state index in [1.165, 1.54) is 11.3 Å². The third-order valence-corrected chi connectivity index (χ3v) is 4.38. The zero-order valence-corrected chi connectivity index (χ0v) is 10.2. The molecule has 0 amide bonds. The number of carboxylic acids is 1. The van der Waals surface area contributed by atoms with Gasteiger partial charge in [0.15, 0.2) is 0 Å². The minimum absolute atomic E-state index is 0.471. The molecule has 1 saturated carbocycles. The Bertz CT molecular complexity index is 366. The van der Waals surface area contributed by atoms with E-state index in [4.69, 9.17) is 5.11 Å². The summed E-state index contributed by atoms with van der Waals surface area (Å²) in [6.45, 7) is 2.21. The highest BCUT2D eigenvalue weighted by Crippen LogP contribution is 2.45. The molecule has 14 heavy (non-hydrogen) atoms. The number of halogens is 1. The fourth-order valence-corrected chi connectivity index (χ4v) is 3.54. The second kappa shape index (κ2) is 3.66. The van der Waals surface area contributed by atoms with Crippen molar-refractivity contribution in [2.75, 3.05) is 0 Å². The molecule has 76 valence electrons. The van der Waals surface area contributed by atoms with Crippen LogP contribution in [-0.4, -0.2) is 11.1 Å². The number of carboxylic acid groups (broad SMARTS) is 1. The standard InChI is InChI=1S/C10H11BrO2S/c1-5-2-6(3-5)7-4-8(11)14-9(7)10(12)13/h4-6H,2-3H2,1H3,(H,12,13). The lowest BCUT2D eigenvalue weighted by Gasteiger charge is -2.32. The Morgan fingerprint density at radius 1 is 1.64 bits per heavy atom. The molecule has 1 aliphatic carbocycles. The summed E-state index contributed by atoms with van der Waals surface area (Å²) in [6, 6.07) is 1.96. The second-order valence-corrected chi connectivity index (χ2v) is 6.35. The molecule has 4 heteroatoms. The first-order valence-corrected chi connectivity index (χ1v) is 6.21. The van der Waals surface area contributed by atoms with Crippen molar-refractivity contribution in [3.8, 4) is 0 Å². The molecule has 0 aromatic carbocycles. The SMILES string of the molecule is CC1CC(c2cc(Br)sc2C(=O)O)C1. The smallest absolute Gasteiger partial charge is 0.346 e. The van der Waals surface area contributed by atoms with Gasteiger partial charge in [-0.2, -0.15) is 0 Å². The van der Waals surface area contributed by atoms with Crippen LogP contribution in [0.5, 0.6) is 0 Å². The summed E-state index contributed by atoms with van der Waals surface area (Å²) in [7, 11) is 0. The number of thiophene rings is 1. The maximum absolute atomic E-state index is 11.0. The van der Waals surface area contributed by atoms with Crippen LogP contribution in [0.25, 0.3) is 0 Å². The monoisotopic (exact) mass is 274 g/mol. The molecule has 0 unspecified atom stereocenters. The third kappa shape index (κ3) is 1.73. The lowest BCUT2D eigenvalue weighted by atomic mass is 9.72. The zero-order valence-electron chi connectivity index (χ0n) is 7.79. The first-order valence-electron chi connectivity index (χ1n) is 4.60. The van der Waals surface area contributed by atoms with E-state index < -0.39 is 5.97 Å². The fourth-order valence-electron chi connectivity index (χ4n) is 2.00. The van der Waals surface area contributed by atoms with Crippen molar-refractivity contribution in [1.29, 1.82) is 0 Å². The molecule has 2 rings (SSSR count). The van der Waals surface area contributed by atoms with Gasteiger partial charge in [-0.3, -0.25) is 0 Å². The Kier molecular flexibility index (Phi) is 2.66. The second-order valence-electron chi connectivity index (χ2n) is 3.91. The van der Waals surface area contributed by atoms with Crippen molar-refractivity contribution in [3.05, 3.63) is 20.3 Å². The van der Waals surface area contributed by atoms with E-state index >= 15 is 0 Å². The zero-order chi connectivity index (χ0) is 10.3.